The molecule has 0 aromatic rings. The van der Waals surface area contributed by atoms with E-state index in [2.05, 4.69) is 19.0 Å². The molecule has 1 rings (SSSR count). The third kappa shape index (κ3) is 2.48. The molecular weight excluding hydrogens is 154 g/mol. The Bertz CT molecular complexity index is 168. The number of nitrogens with zero attached hydrogens (tertiary/aromatic N) is 1. The zero-order chi connectivity index (χ0) is 8.97. The summed E-state index contributed by atoms with van der Waals surface area (Å²) in [6.45, 7) is 4.21. The average molecular weight is 171 g/mol. The molecule has 1 heterocycles. The maximum absolute atomic E-state index is 5.68. The molecule has 2 atom stereocenters. The zero-order valence-electron chi connectivity index (χ0n) is 8.04. The molecule has 0 unspecified atom stereocenters. The van der Waals surface area contributed by atoms with Crippen LogP contribution in [0.3, 0.4) is 0 Å². The van der Waals surface area contributed by atoms with E-state index in [9.17, 15) is 0 Å². The number of hydrogen-bond acceptors (Lipinski definition) is 3. The molecule has 1 fully saturated rings. The van der Waals surface area contributed by atoms with Crippen LogP contribution in [0.4, 0.5) is 0 Å². The lowest BCUT2D eigenvalue weighted by molar-refractivity contribution is -0.0101. The second-order valence-corrected chi connectivity index (χ2v) is 3.23. The molecule has 12 heavy (non-hydrogen) atoms. The summed E-state index contributed by atoms with van der Waals surface area (Å²) in [7, 11) is 1.59. The lowest BCUT2D eigenvalue weighted by Gasteiger charge is -2.27. The van der Waals surface area contributed by atoms with Crippen molar-refractivity contribution in [3.05, 3.63) is 0 Å². The third-order valence-electron chi connectivity index (χ3n) is 2.09. The van der Waals surface area contributed by atoms with Crippen molar-refractivity contribution in [3.8, 4) is 0 Å². The summed E-state index contributed by atoms with van der Waals surface area (Å²) in [5.74, 6) is 0. The van der Waals surface area contributed by atoms with E-state index in [0.717, 1.165) is 25.0 Å². The second kappa shape index (κ2) is 4.45. The lowest BCUT2D eigenvalue weighted by Crippen LogP contribution is -2.31. The first kappa shape index (κ1) is 9.52. The minimum absolute atomic E-state index is 0.289. The predicted octanol–water partition coefficient (Wildman–Crippen LogP) is 1.97. The second-order valence-electron chi connectivity index (χ2n) is 3.23. The monoisotopic (exact) mass is 171 g/mol. The fraction of sp³-hybridized carbons (Fsp3) is 0.889. The summed E-state index contributed by atoms with van der Waals surface area (Å²) < 4.78 is 5.68. The Morgan fingerprint density at radius 1 is 1.58 bits per heavy atom. The molecule has 3 nitrogen and oxygen atoms in total. The van der Waals surface area contributed by atoms with E-state index < -0.39 is 0 Å². The molecule has 0 aliphatic carbocycles. The smallest absolute Gasteiger partial charge is 0.106 e. The van der Waals surface area contributed by atoms with Crippen LogP contribution in [0.1, 0.15) is 33.1 Å². The van der Waals surface area contributed by atoms with Gasteiger partial charge in [-0.1, -0.05) is 12.1 Å². The number of hydrogen-bond donors (Lipinski definition) is 0. The molecule has 0 aromatic carbocycles. The minimum Gasteiger partial charge on any atom is -0.399 e. The zero-order valence-corrected chi connectivity index (χ0v) is 8.04. The molecule has 0 spiro atoms. The summed E-state index contributed by atoms with van der Waals surface area (Å²) >= 11 is 0. The van der Waals surface area contributed by atoms with Crippen molar-refractivity contribution < 1.29 is 9.57 Å². The van der Waals surface area contributed by atoms with Crippen molar-refractivity contribution in [1.29, 1.82) is 0 Å². The van der Waals surface area contributed by atoms with Crippen LogP contribution in [0.15, 0.2) is 5.16 Å². The van der Waals surface area contributed by atoms with Gasteiger partial charge < -0.3 is 9.57 Å². The molecule has 3 heteroatoms. The molecule has 1 aliphatic rings. The standard InChI is InChI=1S/C9H17NO2/c1-4-9-6-8(10-11-3)5-7(2)12-9/h7,9H,4-6H2,1-3H3/b10-8+/t7-,9+/m1/s1. The molecule has 0 aromatic heterocycles. The van der Waals surface area contributed by atoms with E-state index >= 15 is 0 Å². The highest BCUT2D eigenvalue weighted by atomic mass is 16.6. The molecular formula is C9H17NO2. The highest BCUT2D eigenvalue weighted by Crippen LogP contribution is 2.19. The van der Waals surface area contributed by atoms with Gasteiger partial charge in [0.25, 0.3) is 0 Å². The van der Waals surface area contributed by atoms with Gasteiger partial charge in [-0.05, 0) is 13.3 Å². The van der Waals surface area contributed by atoms with Crippen molar-refractivity contribution in [1.82, 2.24) is 0 Å². The largest absolute Gasteiger partial charge is 0.399 e. The number of ether oxygens (including phenoxy) is 1. The molecule has 0 radical (unpaired) electrons. The van der Waals surface area contributed by atoms with E-state index in [0.29, 0.717) is 6.10 Å². The first-order valence-electron chi connectivity index (χ1n) is 4.50. The molecule has 70 valence electrons. The highest BCUT2D eigenvalue weighted by Gasteiger charge is 2.22. The summed E-state index contributed by atoms with van der Waals surface area (Å²) in [4.78, 5) is 4.75. The summed E-state index contributed by atoms with van der Waals surface area (Å²) in [5.41, 5.74) is 1.13. The summed E-state index contributed by atoms with van der Waals surface area (Å²) in [5, 5.41) is 3.97. The van der Waals surface area contributed by atoms with Crippen molar-refractivity contribution in [3.63, 3.8) is 0 Å². The van der Waals surface area contributed by atoms with Crippen LogP contribution in [0.2, 0.25) is 0 Å². The van der Waals surface area contributed by atoms with Gasteiger partial charge in [0.1, 0.15) is 7.11 Å². The van der Waals surface area contributed by atoms with E-state index in [1.807, 2.05) is 0 Å². The van der Waals surface area contributed by atoms with Crippen LogP contribution >= 0.6 is 0 Å². The summed E-state index contributed by atoms with van der Waals surface area (Å²) in [6, 6.07) is 0. The van der Waals surface area contributed by atoms with Crippen molar-refractivity contribution in [2.24, 2.45) is 5.16 Å². The maximum Gasteiger partial charge on any atom is 0.106 e. The first-order chi connectivity index (χ1) is 5.76. The van der Waals surface area contributed by atoms with Gasteiger partial charge in [0.15, 0.2) is 0 Å². The van der Waals surface area contributed by atoms with Gasteiger partial charge in [-0.3, -0.25) is 0 Å². The van der Waals surface area contributed by atoms with Gasteiger partial charge in [0, 0.05) is 12.8 Å². The third-order valence-corrected chi connectivity index (χ3v) is 2.09. The highest BCUT2D eigenvalue weighted by molar-refractivity contribution is 5.85. The normalized spacial score (nSPS) is 33.8. The van der Waals surface area contributed by atoms with E-state index in [-0.39, 0.29) is 6.10 Å². The Labute approximate surface area is 73.7 Å². The van der Waals surface area contributed by atoms with Gasteiger partial charge in [0.2, 0.25) is 0 Å². The molecule has 0 N–H and O–H groups in total. The maximum atomic E-state index is 5.68. The van der Waals surface area contributed by atoms with Crippen molar-refractivity contribution in [2.75, 3.05) is 7.11 Å². The molecule has 0 amide bonds. The summed E-state index contributed by atoms with van der Waals surface area (Å²) in [6.07, 6.45) is 3.51. The molecule has 0 saturated carbocycles. The first-order valence-corrected chi connectivity index (χ1v) is 4.50. The predicted molar refractivity (Wildman–Crippen MR) is 48.3 cm³/mol. The van der Waals surface area contributed by atoms with Gasteiger partial charge in [0.05, 0.1) is 17.9 Å². The number of oxime groups is 1. The minimum atomic E-state index is 0.289. The Balaban J connectivity index is 2.51. The van der Waals surface area contributed by atoms with Gasteiger partial charge >= 0.3 is 0 Å². The fourth-order valence-corrected chi connectivity index (χ4v) is 1.55. The van der Waals surface area contributed by atoms with Gasteiger partial charge in [-0.15, -0.1) is 0 Å². The lowest BCUT2D eigenvalue weighted by atomic mass is 10.0. The van der Waals surface area contributed by atoms with Crippen molar-refractivity contribution >= 4 is 5.71 Å². The van der Waals surface area contributed by atoms with Crippen LogP contribution in [-0.2, 0) is 9.57 Å². The quantitative estimate of drug-likeness (QED) is 0.595. The van der Waals surface area contributed by atoms with Gasteiger partial charge in [-0.2, -0.15) is 0 Å². The Morgan fingerprint density at radius 3 is 2.92 bits per heavy atom. The fourth-order valence-electron chi connectivity index (χ4n) is 1.55. The van der Waals surface area contributed by atoms with Crippen LogP contribution in [0, 0.1) is 0 Å². The van der Waals surface area contributed by atoms with E-state index in [1.54, 1.807) is 7.11 Å². The van der Waals surface area contributed by atoms with Gasteiger partial charge in [-0.25, -0.2) is 0 Å². The van der Waals surface area contributed by atoms with E-state index in [1.165, 1.54) is 0 Å². The SMILES string of the molecule is CC[C@H]1C/C(=N/OC)C[C@@H](C)O1. The Kier molecular flexibility index (Phi) is 3.53. The Hall–Kier alpha value is -0.570. The van der Waals surface area contributed by atoms with Crippen LogP contribution in [0.25, 0.3) is 0 Å². The molecule has 1 aliphatic heterocycles. The molecule has 1 saturated heterocycles. The molecule has 0 bridgehead atoms. The van der Waals surface area contributed by atoms with Crippen LogP contribution in [-0.4, -0.2) is 25.0 Å². The number of rotatable bonds is 2. The Morgan fingerprint density at radius 2 is 2.33 bits per heavy atom. The van der Waals surface area contributed by atoms with Crippen LogP contribution in [0.5, 0.6) is 0 Å². The topological polar surface area (TPSA) is 30.8 Å². The van der Waals surface area contributed by atoms with E-state index in [4.69, 9.17) is 9.57 Å². The van der Waals surface area contributed by atoms with Crippen LogP contribution < -0.4 is 0 Å². The van der Waals surface area contributed by atoms with Crippen molar-refractivity contribution in [2.45, 2.75) is 45.3 Å². The average Bonchev–Trinajstić information content (AvgIpc) is 2.04.